The molecule has 2 aromatic carbocycles. The first kappa shape index (κ1) is 23.8. The van der Waals surface area contributed by atoms with E-state index in [4.69, 9.17) is 4.42 Å². The van der Waals surface area contributed by atoms with E-state index >= 15 is 0 Å². The van der Waals surface area contributed by atoms with E-state index in [-0.39, 0.29) is 23.6 Å². The topological polar surface area (TPSA) is 62.6 Å². The number of amides is 2. The maximum absolute atomic E-state index is 13.7. The van der Waals surface area contributed by atoms with E-state index in [0.29, 0.717) is 13.0 Å². The lowest BCUT2D eigenvalue weighted by Gasteiger charge is -2.32. The molecule has 1 fully saturated rings. The number of nitrogens with zero attached hydrogens (tertiary/aromatic N) is 1. The number of hydrogen-bond acceptors (Lipinski definition) is 3. The van der Waals surface area contributed by atoms with Crippen LogP contribution in [0.15, 0.2) is 71.3 Å². The van der Waals surface area contributed by atoms with E-state index in [1.807, 2.05) is 30.3 Å². The Bertz CT molecular complexity index is 1080. The summed E-state index contributed by atoms with van der Waals surface area (Å²) in [4.78, 5) is 29.0. The van der Waals surface area contributed by atoms with Crippen LogP contribution in [0.5, 0.6) is 0 Å². The third kappa shape index (κ3) is 5.77. The Morgan fingerprint density at radius 2 is 1.79 bits per heavy atom. The van der Waals surface area contributed by atoms with Crippen LogP contribution < -0.4 is 5.32 Å². The second-order valence-electron chi connectivity index (χ2n) is 9.20. The number of nitrogens with one attached hydrogen (secondary N) is 1. The maximum Gasteiger partial charge on any atom is 0.290 e. The standard InChI is InChI=1S/C29H34N2O3/c1-3-22-13-15-24(16-14-22)27(28(32)30-25-10-4-5-11-25)31(29(33)26-12-7-19-34-26)18-17-23-9-6-8-21(2)20-23/h6-9,12-16,19-20,25,27H,3-5,10-11,17-18H2,1-2H3,(H,30,32)/t27-/m1/s1. The van der Waals surface area contributed by atoms with Crippen molar-refractivity contribution in [1.29, 1.82) is 0 Å². The first-order valence-corrected chi connectivity index (χ1v) is 12.3. The molecule has 34 heavy (non-hydrogen) atoms. The highest BCUT2D eigenvalue weighted by Gasteiger charge is 2.34. The first-order chi connectivity index (χ1) is 16.5. The summed E-state index contributed by atoms with van der Waals surface area (Å²) >= 11 is 0. The van der Waals surface area contributed by atoms with Crippen molar-refractivity contribution in [1.82, 2.24) is 10.2 Å². The van der Waals surface area contributed by atoms with Gasteiger partial charge in [-0.3, -0.25) is 9.59 Å². The normalized spacial score (nSPS) is 14.6. The Hall–Kier alpha value is -3.34. The van der Waals surface area contributed by atoms with Gasteiger partial charge in [-0.15, -0.1) is 0 Å². The number of rotatable bonds is 9. The summed E-state index contributed by atoms with van der Waals surface area (Å²) in [5.41, 5.74) is 4.32. The largest absolute Gasteiger partial charge is 0.459 e. The van der Waals surface area contributed by atoms with Gasteiger partial charge in [-0.2, -0.15) is 0 Å². The number of carbonyl (C=O) groups excluding carboxylic acids is 2. The average Bonchev–Trinajstić information content (AvgIpc) is 3.56. The van der Waals surface area contributed by atoms with Crippen LogP contribution in [0, 0.1) is 6.92 Å². The predicted octanol–water partition coefficient (Wildman–Crippen LogP) is 5.64. The fourth-order valence-corrected chi connectivity index (χ4v) is 4.77. The molecule has 3 aromatic rings. The van der Waals surface area contributed by atoms with E-state index in [2.05, 4.69) is 37.4 Å². The molecule has 178 valence electrons. The summed E-state index contributed by atoms with van der Waals surface area (Å²) in [5, 5.41) is 3.23. The lowest BCUT2D eigenvalue weighted by Crippen LogP contribution is -2.46. The summed E-state index contributed by atoms with van der Waals surface area (Å²) in [7, 11) is 0. The Labute approximate surface area is 202 Å². The minimum Gasteiger partial charge on any atom is -0.459 e. The lowest BCUT2D eigenvalue weighted by molar-refractivity contribution is -0.126. The zero-order chi connectivity index (χ0) is 23.9. The minimum absolute atomic E-state index is 0.125. The van der Waals surface area contributed by atoms with Crippen molar-refractivity contribution in [3.63, 3.8) is 0 Å². The molecule has 2 amide bonds. The summed E-state index contributed by atoms with van der Waals surface area (Å²) in [6.45, 7) is 4.57. The molecule has 4 rings (SSSR count). The summed E-state index contributed by atoms with van der Waals surface area (Å²) < 4.78 is 5.46. The second-order valence-corrected chi connectivity index (χ2v) is 9.20. The first-order valence-electron chi connectivity index (χ1n) is 12.3. The van der Waals surface area contributed by atoms with Gasteiger partial charge < -0.3 is 14.6 Å². The van der Waals surface area contributed by atoms with Crippen molar-refractivity contribution < 1.29 is 14.0 Å². The van der Waals surface area contributed by atoms with Crippen molar-refractivity contribution in [2.75, 3.05) is 6.54 Å². The Morgan fingerprint density at radius 3 is 2.44 bits per heavy atom. The van der Waals surface area contributed by atoms with Crippen molar-refractivity contribution in [3.8, 4) is 0 Å². The Kier molecular flexibility index (Phi) is 7.84. The number of benzene rings is 2. The van der Waals surface area contributed by atoms with Crippen molar-refractivity contribution >= 4 is 11.8 Å². The quantitative estimate of drug-likeness (QED) is 0.452. The fourth-order valence-electron chi connectivity index (χ4n) is 4.77. The van der Waals surface area contributed by atoms with E-state index in [9.17, 15) is 9.59 Å². The highest BCUT2D eigenvalue weighted by molar-refractivity contribution is 5.96. The van der Waals surface area contributed by atoms with Crippen LogP contribution in [0.25, 0.3) is 0 Å². The van der Waals surface area contributed by atoms with Gasteiger partial charge in [0.1, 0.15) is 6.04 Å². The van der Waals surface area contributed by atoms with Gasteiger partial charge in [0.25, 0.3) is 5.91 Å². The lowest BCUT2D eigenvalue weighted by atomic mass is 9.99. The number of aryl methyl sites for hydroxylation is 2. The van der Waals surface area contributed by atoms with Crippen molar-refractivity contribution in [3.05, 3.63) is 94.9 Å². The van der Waals surface area contributed by atoms with Gasteiger partial charge in [-0.05, 0) is 61.4 Å². The smallest absolute Gasteiger partial charge is 0.290 e. The second kappa shape index (κ2) is 11.2. The van der Waals surface area contributed by atoms with Gasteiger partial charge >= 0.3 is 0 Å². The van der Waals surface area contributed by atoms with Crippen LogP contribution in [0.1, 0.15) is 71.5 Å². The molecule has 0 saturated heterocycles. The predicted molar refractivity (Wildman–Crippen MR) is 134 cm³/mol. The highest BCUT2D eigenvalue weighted by Crippen LogP contribution is 2.27. The summed E-state index contributed by atoms with van der Waals surface area (Å²) in [5.74, 6) is -0.155. The molecule has 1 saturated carbocycles. The van der Waals surface area contributed by atoms with Gasteiger partial charge in [0, 0.05) is 12.6 Å². The van der Waals surface area contributed by atoms with E-state index in [0.717, 1.165) is 43.2 Å². The average molecular weight is 459 g/mol. The fraction of sp³-hybridized carbons (Fsp3) is 0.379. The molecule has 5 nitrogen and oxygen atoms in total. The molecule has 0 radical (unpaired) electrons. The SMILES string of the molecule is CCc1ccc([C@H](C(=O)NC2CCCC2)N(CCc2cccc(C)c2)C(=O)c2ccco2)cc1. The van der Waals surface area contributed by atoms with Gasteiger partial charge in [0.2, 0.25) is 5.91 Å². The molecule has 5 heteroatoms. The molecule has 0 bridgehead atoms. The Morgan fingerprint density at radius 1 is 1.03 bits per heavy atom. The van der Waals surface area contributed by atoms with E-state index < -0.39 is 6.04 Å². The molecule has 1 heterocycles. The zero-order valence-electron chi connectivity index (χ0n) is 20.1. The number of furan rings is 1. The molecular formula is C29H34N2O3. The monoisotopic (exact) mass is 458 g/mol. The molecule has 0 unspecified atom stereocenters. The number of carbonyl (C=O) groups is 2. The molecule has 1 aliphatic rings. The van der Waals surface area contributed by atoms with Crippen LogP contribution >= 0.6 is 0 Å². The molecule has 0 spiro atoms. The van der Waals surface area contributed by atoms with Crippen LogP contribution in [-0.2, 0) is 17.6 Å². The van der Waals surface area contributed by atoms with Crippen LogP contribution in [0.4, 0.5) is 0 Å². The Balaban J connectivity index is 1.68. The third-order valence-corrected chi connectivity index (χ3v) is 6.68. The van der Waals surface area contributed by atoms with Crippen LogP contribution in [-0.4, -0.2) is 29.3 Å². The van der Waals surface area contributed by atoms with E-state index in [1.54, 1.807) is 17.0 Å². The molecule has 1 aliphatic carbocycles. The number of hydrogen-bond donors (Lipinski definition) is 1. The molecule has 0 aliphatic heterocycles. The van der Waals surface area contributed by atoms with Gasteiger partial charge in [-0.1, -0.05) is 73.9 Å². The highest BCUT2D eigenvalue weighted by atomic mass is 16.3. The molecule has 1 N–H and O–H groups in total. The maximum atomic E-state index is 13.7. The zero-order valence-corrected chi connectivity index (χ0v) is 20.1. The van der Waals surface area contributed by atoms with Crippen molar-refractivity contribution in [2.24, 2.45) is 0 Å². The van der Waals surface area contributed by atoms with E-state index in [1.165, 1.54) is 17.4 Å². The minimum atomic E-state index is -0.728. The summed E-state index contributed by atoms with van der Waals surface area (Å²) in [6, 6.07) is 19.1. The van der Waals surface area contributed by atoms with Crippen molar-refractivity contribution in [2.45, 2.75) is 64.5 Å². The van der Waals surface area contributed by atoms with Crippen LogP contribution in [0.2, 0.25) is 0 Å². The van der Waals surface area contributed by atoms with Gasteiger partial charge in [0.05, 0.1) is 6.26 Å². The van der Waals surface area contributed by atoms with Gasteiger partial charge in [-0.25, -0.2) is 0 Å². The molecule has 1 atom stereocenters. The molecular weight excluding hydrogens is 424 g/mol. The third-order valence-electron chi connectivity index (χ3n) is 6.68. The summed E-state index contributed by atoms with van der Waals surface area (Å²) in [6.07, 6.45) is 7.29. The van der Waals surface area contributed by atoms with Crippen LogP contribution in [0.3, 0.4) is 0 Å². The van der Waals surface area contributed by atoms with Gasteiger partial charge in [0.15, 0.2) is 5.76 Å². The molecule has 1 aromatic heterocycles.